The lowest BCUT2D eigenvalue weighted by molar-refractivity contribution is 0.132. The van der Waals surface area contributed by atoms with E-state index in [4.69, 9.17) is 9.57 Å². The van der Waals surface area contributed by atoms with Crippen LogP contribution in [0.3, 0.4) is 0 Å². The van der Waals surface area contributed by atoms with Crippen molar-refractivity contribution in [3.63, 3.8) is 0 Å². The van der Waals surface area contributed by atoms with Gasteiger partial charge in [-0.25, -0.2) is 4.98 Å². The van der Waals surface area contributed by atoms with Gasteiger partial charge in [-0.3, -0.25) is 4.57 Å². The molecule has 3 rings (SSSR count). The fraction of sp³-hybridized carbons (Fsp3) is 0.150. The van der Waals surface area contributed by atoms with Crippen LogP contribution in [0.4, 0.5) is 0 Å². The molecule has 2 aromatic heterocycles. The van der Waals surface area contributed by atoms with E-state index in [-0.39, 0.29) is 0 Å². The molecule has 0 amide bonds. The number of rotatable bonds is 6. The Morgan fingerprint density at radius 3 is 2.77 bits per heavy atom. The van der Waals surface area contributed by atoms with E-state index in [1.165, 1.54) is 12.7 Å². The van der Waals surface area contributed by atoms with Crippen LogP contribution < -0.4 is 4.74 Å². The van der Waals surface area contributed by atoms with E-state index in [1.807, 2.05) is 49.5 Å². The molecule has 26 heavy (non-hydrogen) atoms. The van der Waals surface area contributed by atoms with Crippen molar-refractivity contribution in [1.82, 2.24) is 9.55 Å². The summed E-state index contributed by atoms with van der Waals surface area (Å²) in [6, 6.07) is 15.6. The first kappa shape index (κ1) is 17.2. The number of ether oxygens (including phenoxy) is 1. The van der Waals surface area contributed by atoms with Crippen LogP contribution in [0.25, 0.3) is 5.82 Å². The van der Waals surface area contributed by atoms with Gasteiger partial charge in [-0.15, -0.1) is 0 Å². The lowest BCUT2D eigenvalue weighted by atomic mass is 10.2. The SMILES string of the molecule is COc1ccnc(-n2cccc2/C=N\OCc2ccc(C)cc2)c1C#N. The predicted molar refractivity (Wildman–Crippen MR) is 98.4 cm³/mol. The number of oxime groups is 1. The molecular weight excluding hydrogens is 328 g/mol. The zero-order valence-electron chi connectivity index (χ0n) is 14.6. The number of hydrogen-bond acceptors (Lipinski definition) is 5. The van der Waals surface area contributed by atoms with Crippen molar-refractivity contribution in [2.24, 2.45) is 5.16 Å². The molecular formula is C20H18N4O2. The van der Waals surface area contributed by atoms with Crippen LogP contribution in [-0.2, 0) is 11.4 Å². The molecule has 0 atom stereocenters. The summed E-state index contributed by atoms with van der Waals surface area (Å²) in [4.78, 5) is 9.67. The van der Waals surface area contributed by atoms with E-state index in [9.17, 15) is 5.26 Å². The Hall–Kier alpha value is -3.59. The van der Waals surface area contributed by atoms with Crippen LogP contribution >= 0.6 is 0 Å². The Morgan fingerprint density at radius 1 is 1.23 bits per heavy atom. The van der Waals surface area contributed by atoms with Crippen molar-refractivity contribution in [2.45, 2.75) is 13.5 Å². The summed E-state index contributed by atoms with van der Waals surface area (Å²) in [6.45, 7) is 2.43. The zero-order valence-corrected chi connectivity index (χ0v) is 14.6. The minimum Gasteiger partial charge on any atom is -0.495 e. The molecule has 0 aliphatic carbocycles. The van der Waals surface area contributed by atoms with E-state index >= 15 is 0 Å². The van der Waals surface area contributed by atoms with Crippen molar-refractivity contribution >= 4 is 6.21 Å². The largest absolute Gasteiger partial charge is 0.495 e. The fourth-order valence-corrected chi connectivity index (χ4v) is 2.47. The summed E-state index contributed by atoms with van der Waals surface area (Å²) in [5.41, 5.74) is 3.35. The maximum atomic E-state index is 9.44. The molecule has 1 aromatic carbocycles. The Kier molecular flexibility index (Phi) is 5.30. The second kappa shape index (κ2) is 7.99. The van der Waals surface area contributed by atoms with Gasteiger partial charge in [0.2, 0.25) is 0 Å². The Balaban J connectivity index is 1.77. The summed E-state index contributed by atoms with van der Waals surface area (Å²) in [7, 11) is 1.52. The first-order valence-electron chi connectivity index (χ1n) is 8.04. The van der Waals surface area contributed by atoms with Crippen molar-refractivity contribution in [3.05, 3.63) is 77.2 Å². The Bertz CT molecular complexity index is 953. The third-order valence-corrected chi connectivity index (χ3v) is 3.84. The third-order valence-electron chi connectivity index (χ3n) is 3.84. The average Bonchev–Trinajstić information content (AvgIpc) is 3.14. The van der Waals surface area contributed by atoms with Crippen LogP contribution in [0.1, 0.15) is 22.4 Å². The summed E-state index contributed by atoms with van der Waals surface area (Å²) < 4.78 is 7.00. The van der Waals surface area contributed by atoms with Crippen molar-refractivity contribution < 1.29 is 9.57 Å². The molecule has 0 unspecified atom stereocenters. The number of aryl methyl sites for hydroxylation is 1. The average molecular weight is 346 g/mol. The molecule has 0 spiro atoms. The molecule has 0 N–H and O–H groups in total. The van der Waals surface area contributed by atoms with Crippen LogP contribution in [0.15, 0.2) is 60.0 Å². The van der Waals surface area contributed by atoms with Gasteiger partial charge in [0.15, 0.2) is 5.82 Å². The molecule has 0 aliphatic rings. The lowest BCUT2D eigenvalue weighted by Crippen LogP contribution is -2.05. The second-order valence-corrected chi connectivity index (χ2v) is 5.62. The van der Waals surface area contributed by atoms with Crippen LogP contribution in [0, 0.1) is 18.3 Å². The first-order chi connectivity index (χ1) is 12.7. The van der Waals surface area contributed by atoms with Crippen molar-refractivity contribution in [3.8, 4) is 17.6 Å². The van der Waals surface area contributed by atoms with E-state index in [1.54, 1.807) is 23.0 Å². The van der Waals surface area contributed by atoms with E-state index in [0.29, 0.717) is 23.7 Å². The van der Waals surface area contributed by atoms with Gasteiger partial charge in [0.25, 0.3) is 0 Å². The van der Waals surface area contributed by atoms with E-state index < -0.39 is 0 Å². The quantitative estimate of drug-likeness (QED) is 0.505. The molecule has 0 fully saturated rings. The topological polar surface area (TPSA) is 72.4 Å². The molecule has 2 heterocycles. The van der Waals surface area contributed by atoms with E-state index in [2.05, 4.69) is 16.2 Å². The third kappa shape index (κ3) is 3.73. The van der Waals surface area contributed by atoms with Gasteiger partial charge < -0.3 is 9.57 Å². The zero-order chi connectivity index (χ0) is 18.4. The minimum absolute atomic E-state index is 0.362. The highest BCUT2D eigenvalue weighted by atomic mass is 16.6. The molecule has 6 heteroatoms. The van der Waals surface area contributed by atoms with Crippen molar-refractivity contribution in [1.29, 1.82) is 5.26 Å². The minimum atomic E-state index is 0.362. The molecule has 6 nitrogen and oxygen atoms in total. The van der Waals surface area contributed by atoms with E-state index in [0.717, 1.165) is 11.3 Å². The van der Waals surface area contributed by atoms with Crippen LogP contribution in [0.2, 0.25) is 0 Å². The monoisotopic (exact) mass is 346 g/mol. The number of aromatic nitrogens is 2. The fourth-order valence-electron chi connectivity index (χ4n) is 2.47. The van der Waals surface area contributed by atoms with Gasteiger partial charge >= 0.3 is 0 Å². The molecule has 130 valence electrons. The molecule has 0 saturated heterocycles. The summed E-state index contributed by atoms with van der Waals surface area (Å²) >= 11 is 0. The highest BCUT2D eigenvalue weighted by Crippen LogP contribution is 2.23. The molecule has 3 aromatic rings. The van der Waals surface area contributed by atoms with Crippen LogP contribution in [0.5, 0.6) is 5.75 Å². The molecule has 0 bridgehead atoms. The standard InChI is InChI=1S/C20H18N4O2/c1-15-5-7-16(8-6-15)14-26-23-13-17-4-3-11-24(17)20-18(12-21)19(25-2)9-10-22-20/h3-11,13H,14H2,1-2H3/b23-13-. The smallest absolute Gasteiger partial charge is 0.158 e. The lowest BCUT2D eigenvalue weighted by Gasteiger charge is -2.10. The summed E-state index contributed by atoms with van der Waals surface area (Å²) in [5, 5.41) is 13.5. The van der Waals surface area contributed by atoms with Crippen LogP contribution in [-0.4, -0.2) is 22.9 Å². The van der Waals surface area contributed by atoms with Gasteiger partial charge in [-0.1, -0.05) is 35.0 Å². The Labute approximate surface area is 151 Å². The maximum absolute atomic E-state index is 9.44. The number of hydrogen-bond donors (Lipinski definition) is 0. The summed E-state index contributed by atoms with van der Waals surface area (Å²) in [5.74, 6) is 0.960. The van der Waals surface area contributed by atoms with Gasteiger partial charge in [0.05, 0.1) is 19.0 Å². The molecule has 0 aliphatic heterocycles. The Morgan fingerprint density at radius 2 is 2.04 bits per heavy atom. The number of methoxy groups -OCH3 is 1. The number of benzene rings is 1. The maximum Gasteiger partial charge on any atom is 0.158 e. The summed E-state index contributed by atoms with van der Waals surface area (Å²) in [6.07, 6.45) is 5.00. The normalized spacial score (nSPS) is 10.7. The highest BCUT2D eigenvalue weighted by molar-refractivity contribution is 5.78. The number of nitrogens with zero attached hydrogens (tertiary/aromatic N) is 4. The number of pyridine rings is 1. The van der Waals surface area contributed by atoms with Gasteiger partial charge in [-0.2, -0.15) is 5.26 Å². The molecule has 0 saturated carbocycles. The first-order valence-corrected chi connectivity index (χ1v) is 8.04. The second-order valence-electron chi connectivity index (χ2n) is 5.62. The molecule has 0 radical (unpaired) electrons. The van der Waals surface area contributed by atoms with Gasteiger partial charge in [0, 0.05) is 12.4 Å². The predicted octanol–water partition coefficient (Wildman–Crippen LogP) is 3.61. The van der Waals surface area contributed by atoms with Gasteiger partial charge in [-0.05, 0) is 30.7 Å². The highest BCUT2D eigenvalue weighted by Gasteiger charge is 2.13. The van der Waals surface area contributed by atoms with Gasteiger partial charge in [0.1, 0.15) is 24.0 Å². The van der Waals surface area contributed by atoms with Crippen molar-refractivity contribution in [2.75, 3.05) is 7.11 Å². The number of nitriles is 1.